The molecule has 0 bridgehead atoms. The number of hydrogen-bond donors (Lipinski definition) is 1. The standard InChI is InChI=1S/C19H20ClN5OS/c1-3-25-18(15-7-5-4-6-13(15)2)23-24-19(25)27-12-17(26)22-11-14-8-9-16(20)21-10-14/h4-10H,3,11-12H2,1-2H3,(H,22,26). The molecule has 1 aromatic carbocycles. The molecule has 0 saturated carbocycles. The summed E-state index contributed by atoms with van der Waals surface area (Å²) in [6, 6.07) is 11.6. The molecule has 0 aliphatic heterocycles. The average molecular weight is 402 g/mol. The summed E-state index contributed by atoms with van der Waals surface area (Å²) < 4.78 is 2.03. The van der Waals surface area contributed by atoms with Gasteiger partial charge in [-0.05, 0) is 31.0 Å². The summed E-state index contributed by atoms with van der Waals surface area (Å²) in [6.07, 6.45) is 1.65. The van der Waals surface area contributed by atoms with E-state index >= 15 is 0 Å². The van der Waals surface area contributed by atoms with Crippen LogP contribution in [-0.2, 0) is 17.9 Å². The van der Waals surface area contributed by atoms with Gasteiger partial charge in [0.1, 0.15) is 5.15 Å². The van der Waals surface area contributed by atoms with Crippen molar-refractivity contribution in [3.63, 3.8) is 0 Å². The molecule has 8 heteroatoms. The van der Waals surface area contributed by atoms with Crippen molar-refractivity contribution in [2.75, 3.05) is 5.75 Å². The minimum Gasteiger partial charge on any atom is -0.351 e. The van der Waals surface area contributed by atoms with Gasteiger partial charge in [-0.3, -0.25) is 4.79 Å². The quantitative estimate of drug-likeness (QED) is 0.482. The normalized spacial score (nSPS) is 10.8. The zero-order chi connectivity index (χ0) is 19.2. The highest BCUT2D eigenvalue weighted by Crippen LogP contribution is 2.26. The summed E-state index contributed by atoms with van der Waals surface area (Å²) in [7, 11) is 0. The Bertz CT molecular complexity index is 926. The lowest BCUT2D eigenvalue weighted by Gasteiger charge is -2.09. The fourth-order valence-electron chi connectivity index (χ4n) is 2.60. The van der Waals surface area contributed by atoms with Crippen molar-refractivity contribution < 1.29 is 4.79 Å². The predicted molar refractivity (Wildman–Crippen MR) is 108 cm³/mol. The van der Waals surface area contributed by atoms with Crippen LogP contribution in [0.4, 0.5) is 0 Å². The number of halogens is 1. The molecule has 27 heavy (non-hydrogen) atoms. The fourth-order valence-corrected chi connectivity index (χ4v) is 3.54. The van der Waals surface area contributed by atoms with Crippen molar-refractivity contribution in [2.45, 2.75) is 32.1 Å². The molecule has 0 fully saturated rings. The maximum atomic E-state index is 12.2. The zero-order valence-electron chi connectivity index (χ0n) is 15.1. The third kappa shape index (κ3) is 4.87. The summed E-state index contributed by atoms with van der Waals surface area (Å²) in [5.41, 5.74) is 3.10. The maximum Gasteiger partial charge on any atom is 0.230 e. The van der Waals surface area contributed by atoms with E-state index in [0.717, 1.165) is 34.2 Å². The summed E-state index contributed by atoms with van der Waals surface area (Å²) in [6.45, 7) is 5.24. The highest BCUT2D eigenvalue weighted by molar-refractivity contribution is 7.99. The van der Waals surface area contributed by atoms with E-state index in [0.29, 0.717) is 11.7 Å². The van der Waals surface area contributed by atoms with Crippen LogP contribution in [0.3, 0.4) is 0 Å². The van der Waals surface area contributed by atoms with Gasteiger partial charge in [-0.2, -0.15) is 0 Å². The van der Waals surface area contributed by atoms with Gasteiger partial charge in [0.15, 0.2) is 11.0 Å². The Balaban J connectivity index is 1.62. The smallest absolute Gasteiger partial charge is 0.230 e. The SMILES string of the molecule is CCn1c(SCC(=O)NCc2ccc(Cl)nc2)nnc1-c1ccccc1C. The lowest BCUT2D eigenvalue weighted by atomic mass is 10.1. The number of aryl methyl sites for hydroxylation is 1. The van der Waals surface area contributed by atoms with Gasteiger partial charge in [-0.15, -0.1) is 10.2 Å². The Kier molecular flexibility index (Phi) is 6.47. The minimum atomic E-state index is -0.0713. The Morgan fingerprint density at radius 1 is 1.22 bits per heavy atom. The summed E-state index contributed by atoms with van der Waals surface area (Å²) in [4.78, 5) is 16.2. The number of nitrogens with zero attached hydrogens (tertiary/aromatic N) is 4. The van der Waals surface area contributed by atoms with E-state index in [-0.39, 0.29) is 11.7 Å². The van der Waals surface area contributed by atoms with Crippen molar-refractivity contribution in [3.05, 3.63) is 58.9 Å². The number of rotatable bonds is 7. The maximum absolute atomic E-state index is 12.2. The van der Waals surface area contributed by atoms with Crippen LogP contribution in [0.15, 0.2) is 47.8 Å². The van der Waals surface area contributed by atoms with Crippen molar-refractivity contribution >= 4 is 29.3 Å². The average Bonchev–Trinajstić information content (AvgIpc) is 3.09. The van der Waals surface area contributed by atoms with Crippen LogP contribution in [0.1, 0.15) is 18.1 Å². The van der Waals surface area contributed by atoms with E-state index in [1.54, 1.807) is 12.3 Å². The molecule has 1 N–H and O–H groups in total. The van der Waals surface area contributed by atoms with Gasteiger partial charge < -0.3 is 9.88 Å². The molecule has 0 saturated heterocycles. The zero-order valence-corrected chi connectivity index (χ0v) is 16.7. The van der Waals surface area contributed by atoms with E-state index in [4.69, 9.17) is 11.6 Å². The van der Waals surface area contributed by atoms with Crippen LogP contribution in [0.25, 0.3) is 11.4 Å². The van der Waals surface area contributed by atoms with Crippen LogP contribution in [0.2, 0.25) is 5.15 Å². The molecule has 0 radical (unpaired) electrons. The van der Waals surface area contributed by atoms with E-state index in [9.17, 15) is 4.79 Å². The Hall–Kier alpha value is -2.38. The van der Waals surface area contributed by atoms with Gasteiger partial charge in [0.2, 0.25) is 5.91 Å². The number of carbonyl (C=O) groups excluding carboxylic acids is 1. The van der Waals surface area contributed by atoms with Crippen LogP contribution in [0, 0.1) is 6.92 Å². The molecule has 0 aliphatic rings. The molecule has 0 unspecified atom stereocenters. The van der Waals surface area contributed by atoms with Crippen molar-refractivity contribution in [2.24, 2.45) is 0 Å². The van der Waals surface area contributed by atoms with Crippen LogP contribution in [0.5, 0.6) is 0 Å². The second-order valence-corrected chi connectivity index (χ2v) is 7.25. The highest BCUT2D eigenvalue weighted by atomic mass is 35.5. The van der Waals surface area contributed by atoms with E-state index < -0.39 is 0 Å². The third-order valence-corrected chi connectivity index (χ3v) is 5.22. The second-order valence-electron chi connectivity index (χ2n) is 5.92. The van der Waals surface area contributed by atoms with Gasteiger partial charge in [0.05, 0.1) is 5.75 Å². The first-order valence-corrected chi connectivity index (χ1v) is 9.94. The predicted octanol–water partition coefficient (Wildman–Crippen LogP) is 3.73. The first-order valence-electron chi connectivity index (χ1n) is 8.57. The number of thioether (sulfide) groups is 1. The van der Waals surface area contributed by atoms with E-state index in [2.05, 4.69) is 33.5 Å². The minimum absolute atomic E-state index is 0.0713. The lowest BCUT2D eigenvalue weighted by molar-refractivity contribution is -0.118. The van der Waals surface area contributed by atoms with Crippen LogP contribution >= 0.6 is 23.4 Å². The number of amides is 1. The monoisotopic (exact) mass is 401 g/mol. The van der Waals surface area contributed by atoms with E-state index in [1.807, 2.05) is 35.8 Å². The highest BCUT2D eigenvalue weighted by Gasteiger charge is 2.15. The molecule has 0 atom stereocenters. The fraction of sp³-hybridized carbons (Fsp3) is 0.263. The molecule has 1 amide bonds. The Morgan fingerprint density at radius 2 is 2.04 bits per heavy atom. The van der Waals surface area contributed by atoms with Gasteiger partial charge >= 0.3 is 0 Å². The largest absolute Gasteiger partial charge is 0.351 e. The lowest BCUT2D eigenvalue weighted by Crippen LogP contribution is -2.24. The molecule has 0 aliphatic carbocycles. The summed E-state index contributed by atoms with van der Waals surface area (Å²) in [5, 5.41) is 12.7. The van der Waals surface area contributed by atoms with Crippen LogP contribution in [-0.4, -0.2) is 31.4 Å². The molecule has 6 nitrogen and oxygen atoms in total. The summed E-state index contributed by atoms with van der Waals surface area (Å²) in [5.74, 6) is 1.02. The first kappa shape index (κ1) is 19.4. The topological polar surface area (TPSA) is 72.7 Å². The second kappa shape index (κ2) is 9.01. The number of nitrogens with one attached hydrogen (secondary N) is 1. The number of aromatic nitrogens is 4. The first-order chi connectivity index (χ1) is 13.1. The van der Waals surface area contributed by atoms with Gasteiger partial charge in [-0.25, -0.2) is 4.98 Å². The van der Waals surface area contributed by atoms with Crippen molar-refractivity contribution in [3.8, 4) is 11.4 Å². The number of pyridine rings is 1. The molecule has 0 spiro atoms. The Labute approximate surface area is 167 Å². The third-order valence-electron chi connectivity index (χ3n) is 4.03. The number of benzene rings is 1. The Morgan fingerprint density at radius 3 is 2.74 bits per heavy atom. The molecule has 140 valence electrons. The molecule has 2 heterocycles. The molecule has 3 rings (SSSR count). The van der Waals surface area contributed by atoms with Crippen LogP contribution < -0.4 is 5.32 Å². The van der Waals surface area contributed by atoms with Gasteiger partial charge in [-0.1, -0.05) is 53.7 Å². The molecular weight excluding hydrogens is 382 g/mol. The van der Waals surface area contributed by atoms with Crippen molar-refractivity contribution in [1.82, 2.24) is 25.1 Å². The van der Waals surface area contributed by atoms with Gasteiger partial charge in [0.25, 0.3) is 0 Å². The van der Waals surface area contributed by atoms with Crippen molar-refractivity contribution in [1.29, 1.82) is 0 Å². The van der Waals surface area contributed by atoms with E-state index in [1.165, 1.54) is 11.8 Å². The summed E-state index contributed by atoms with van der Waals surface area (Å²) >= 11 is 7.14. The van der Waals surface area contributed by atoms with Gasteiger partial charge in [0, 0.05) is 24.8 Å². The number of carbonyl (C=O) groups is 1. The molecular formula is C19H20ClN5OS. The number of hydrogen-bond acceptors (Lipinski definition) is 5. The molecule has 3 aromatic rings. The molecule has 2 aromatic heterocycles.